The number of nitrogens with two attached hydrogens (primary N) is 3. The minimum Gasteiger partial charge on any atom is -0.393 e. The van der Waals surface area contributed by atoms with Gasteiger partial charge in [0, 0.05) is 94.8 Å². The van der Waals surface area contributed by atoms with Crippen LogP contribution in [0.15, 0.2) is 164 Å². The van der Waals surface area contributed by atoms with Crippen molar-refractivity contribution in [3.8, 4) is 0 Å². The number of alkyl halides is 1. The van der Waals surface area contributed by atoms with Gasteiger partial charge in [-0.1, -0.05) is 82.1 Å². The van der Waals surface area contributed by atoms with E-state index >= 15 is 0 Å². The first-order chi connectivity index (χ1) is 50.9. The molecule has 12 N–H and O–H groups in total. The molecule has 13 rings (SSSR count). The van der Waals surface area contributed by atoms with Crippen LogP contribution in [0.2, 0.25) is 5.02 Å². The van der Waals surface area contributed by atoms with Gasteiger partial charge in [-0.05, 0) is 123 Å². The number of rotatable bonds is 28. The van der Waals surface area contributed by atoms with Crippen LogP contribution in [0, 0.1) is 23.7 Å². The third kappa shape index (κ3) is 21.3. The van der Waals surface area contributed by atoms with Gasteiger partial charge in [0.2, 0.25) is 11.6 Å². The molecule has 32 nitrogen and oxygen atoms in total. The maximum Gasteiger partial charge on any atom is 0.333 e. The van der Waals surface area contributed by atoms with Gasteiger partial charge in [0.05, 0.1) is 72.9 Å². The molecule has 0 bridgehead atoms. The minimum atomic E-state index is -4.22. The normalized spacial score (nSPS) is 23.2. The van der Waals surface area contributed by atoms with Crippen molar-refractivity contribution in [2.45, 2.75) is 120 Å². The topological polar surface area (TPSA) is 474 Å². The number of aromatic nitrogens is 11. The number of nitrogens with one attached hydrogen (secondary N) is 3. The van der Waals surface area contributed by atoms with Crippen LogP contribution in [0.25, 0.3) is 0 Å². The summed E-state index contributed by atoms with van der Waals surface area (Å²) in [5.74, 6) is -0.920. The fraction of sp³-hybridized carbons (Fsp3) is 0.377. The third-order valence-electron chi connectivity index (χ3n) is 19.0. The monoisotopic (exact) mass is 1610 g/mol. The third-order valence-corrected chi connectivity index (χ3v) is 21.1. The van der Waals surface area contributed by atoms with Crippen LogP contribution in [-0.2, 0) is 50.0 Å². The Bertz CT molecular complexity index is 4780. The zero-order valence-corrected chi connectivity index (χ0v) is 62.2. The first-order valence-electron chi connectivity index (χ1n) is 33.8. The van der Waals surface area contributed by atoms with E-state index in [1.165, 1.54) is 43.1 Å². The van der Waals surface area contributed by atoms with Crippen molar-refractivity contribution in [3.05, 3.63) is 219 Å². The summed E-state index contributed by atoms with van der Waals surface area (Å²) < 4.78 is 101. The number of hydrogen-bond acceptors (Lipinski definition) is 26. The van der Waals surface area contributed by atoms with Crippen LogP contribution in [0.3, 0.4) is 0 Å². The SMILES string of the molecule is CC(c1cccc(Br)c1)n1ccc(C(=O)c2cncnc2N[C@@H]2C[C@H](COS(N)(=O)=O)[C@@H](O)C2)n1.CC(c1cccc(Cl)c1)n1ccc(C(=O)c2cncnc2N[C@@H]2C[C@H](COS(N)(=O)=O)[C@@H](O)C2)n1.NS(=O)(=O)OC[C@H]1C[C@@H](Nc2ncncc2C(=O)c2ccn(CC3CC3c3ccccc3)c2)[C@@H](F)[C@@H]1O. The summed E-state index contributed by atoms with van der Waals surface area (Å²) in [6.45, 7) is 3.84. The summed E-state index contributed by atoms with van der Waals surface area (Å²) in [6.07, 6.45) is 13.0. The Balaban J connectivity index is 0.000000160. The lowest BCUT2D eigenvalue weighted by molar-refractivity contribution is 0.0501. The number of aliphatic hydroxyl groups is 3. The molecule has 3 aromatic carbocycles. The van der Waals surface area contributed by atoms with Crippen molar-refractivity contribution >= 4 is 93.2 Å². The van der Waals surface area contributed by atoms with Gasteiger partial charge in [0.1, 0.15) is 54.0 Å². The molecule has 0 radical (unpaired) electrons. The van der Waals surface area contributed by atoms with E-state index in [1.54, 1.807) is 52.2 Å². The second kappa shape index (κ2) is 34.6. The van der Waals surface area contributed by atoms with Gasteiger partial charge in [0.15, 0.2) is 5.78 Å². The van der Waals surface area contributed by atoms with Crippen molar-refractivity contribution in [3.63, 3.8) is 0 Å². The second-order valence-electron chi connectivity index (χ2n) is 26.6. The van der Waals surface area contributed by atoms with Crippen molar-refractivity contribution in [2.24, 2.45) is 39.1 Å². The molecular formula is C69H78BrClFN17O15S3. The number of ketones is 3. The second-order valence-corrected chi connectivity index (χ2v) is 31.6. The number of carbonyl (C=O) groups excluding carboxylic acids is 3. The minimum absolute atomic E-state index is 0.0514. The van der Waals surface area contributed by atoms with E-state index in [1.807, 2.05) is 85.3 Å². The number of anilines is 3. The standard InChI is InChI=1S/C25H28FN5O5S.C22H25BrN6O5S.C22H25ClN6O5S/c26-22-21(9-18(24(22)33)13-36-37(27,34)35)30-25-20(10-28-14-29-25)23(32)16-6-7-31(11-16)12-17-8-19(17)15-4-2-1-3-5-15;2*1-13(14-3-2-4-16(23)7-14)29-6-5-19(28-29)21(31)18-10-25-12-26-22(18)27-17-8-15(20(30)9-17)11-34-35(24,32)33/h1-7,10-11,14,17-19,21-22,24,33H,8-9,12-13H2,(H2,27,34,35)(H,28,29,30);2*2-7,10,12-13,15,17,20,30H,8-9,11H2,1H3,(H2,24,32,33)(H,25,26,27)/t17?,18-,19?,21-,22-,24-;2*13?,15-,17-,20+/m111/s1. The Morgan fingerprint density at radius 3 is 1.55 bits per heavy atom. The van der Waals surface area contributed by atoms with Crippen molar-refractivity contribution in [1.29, 1.82) is 0 Å². The van der Waals surface area contributed by atoms with Crippen LogP contribution < -0.4 is 31.4 Å². The van der Waals surface area contributed by atoms with Gasteiger partial charge >= 0.3 is 30.9 Å². The lowest BCUT2D eigenvalue weighted by atomic mass is 10.1. The molecule has 0 aliphatic heterocycles. The Kier molecular flexibility index (Phi) is 25.6. The fourth-order valence-corrected chi connectivity index (χ4v) is 15.0. The predicted molar refractivity (Wildman–Crippen MR) is 392 cm³/mol. The number of halogens is 3. The molecule has 4 aliphatic carbocycles. The van der Waals surface area contributed by atoms with E-state index < -0.39 is 85.8 Å². The number of nitrogens with zero attached hydrogens (tertiary/aromatic N) is 11. The number of benzene rings is 3. The molecule has 6 heterocycles. The van der Waals surface area contributed by atoms with E-state index in [9.17, 15) is 59.3 Å². The highest BCUT2D eigenvalue weighted by molar-refractivity contribution is 9.10. The van der Waals surface area contributed by atoms with Crippen LogP contribution in [-0.4, -0.2) is 174 Å². The molecule has 9 aromatic rings. The molecule has 568 valence electrons. The maximum atomic E-state index is 14.8. The lowest BCUT2D eigenvalue weighted by Gasteiger charge is -2.18. The van der Waals surface area contributed by atoms with E-state index in [-0.39, 0.29) is 95.0 Å². The van der Waals surface area contributed by atoms with Crippen LogP contribution >= 0.6 is 27.5 Å². The summed E-state index contributed by atoms with van der Waals surface area (Å²) in [5, 5.41) is 64.1. The highest BCUT2D eigenvalue weighted by atomic mass is 79.9. The van der Waals surface area contributed by atoms with Crippen molar-refractivity contribution < 1.29 is 71.9 Å². The fourth-order valence-electron chi connectivity index (χ4n) is 13.3. The van der Waals surface area contributed by atoms with Gasteiger partial charge in [-0.25, -0.2) is 49.7 Å². The van der Waals surface area contributed by atoms with Crippen LogP contribution in [0.4, 0.5) is 21.8 Å². The van der Waals surface area contributed by atoms with Crippen LogP contribution in [0.1, 0.15) is 135 Å². The average Bonchev–Trinajstić information content (AvgIpc) is 1.67. The number of hydrogen-bond donors (Lipinski definition) is 9. The number of aliphatic hydroxyl groups excluding tert-OH is 3. The van der Waals surface area contributed by atoms with Gasteiger partial charge in [-0.2, -0.15) is 35.5 Å². The molecule has 0 saturated heterocycles. The molecule has 0 amide bonds. The average molecular weight is 1620 g/mol. The smallest absolute Gasteiger partial charge is 0.333 e. The maximum absolute atomic E-state index is 14.8. The largest absolute Gasteiger partial charge is 0.393 e. The summed E-state index contributed by atoms with van der Waals surface area (Å²) in [7, 11) is -12.4. The number of carbonyl (C=O) groups is 3. The van der Waals surface area contributed by atoms with E-state index in [0.29, 0.717) is 59.7 Å². The van der Waals surface area contributed by atoms with Gasteiger partial charge in [-0.3, -0.25) is 36.3 Å². The first-order valence-corrected chi connectivity index (χ1v) is 39.3. The summed E-state index contributed by atoms with van der Waals surface area (Å²) in [5.41, 5.74) is 4.88. The van der Waals surface area contributed by atoms with E-state index in [2.05, 4.69) is 96.7 Å². The first kappa shape index (κ1) is 79.2. The molecule has 0 spiro atoms. The molecule has 4 fully saturated rings. The molecule has 38 heteroatoms. The summed E-state index contributed by atoms with van der Waals surface area (Å²) in [6, 6.07) is 29.0. The predicted octanol–water partition coefficient (Wildman–Crippen LogP) is 6.02. The molecule has 107 heavy (non-hydrogen) atoms. The molecule has 4 unspecified atom stereocenters. The van der Waals surface area contributed by atoms with E-state index in [4.69, 9.17) is 27.0 Å². The molecule has 6 aromatic heterocycles. The molecular weight excluding hydrogens is 1540 g/mol. The molecule has 14 atom stereocenters. The highest BCUT2D eigenvalue weighted by Crippen LogP contribution is 2.48. The van der Waals surface area contributed by atoms with Crippen molar-refractivity contribution in [1.82, 2.24) is 54.0 Å². The zero-order chi connectivity index (χ0) is 76.5. The Labute approximate surface area is 629 Å². The summed E-state index contributed by atoms with van der Waals surface area (Å²) in [4.78, 5) is 64.3. The quantitative estimate of drug-likeness (QED) is 0.0253. The van der Waals surface area contributed by atoms with E-state index in [0.717, 1.165) is 28.6 Å². The van der Waals surface area contributed by atoms with Gasteiger partial charge < -0.3 is 35.8 Å². The lowest BCUT2D eigenvalue weighted by Crippen LogP contribution is -2.33. The summed E-state index contributed by atoms with van der Waals surface area (Å²) >= 11 is 9.57. The highest BCUT2D eigenvalue weighted by Gasteiger charge is 2.45. The Hall–Kier alpha value is -8.80. The molecule has 4 saturated carbocycles. The van der Waals surface area contributed by atoms with Crippen LogP contribution in [0.5, 0.6) is 0 Å². The molecule has 4 aliphatic rings. The Morgan fingerprint density at radius 2 is 1.06 bits per heavy atom. The Morgan fingerprint density at radius 1 is 0.579 bits per heavy atom. The zero-order valence-electron chi connectivity index (χ0n) is 57.4. The van der Waals surface area contributed by atoms with Gasteiger partial charge in [-0.15, -0.1) is 0 Å². The van der Waals surface area contributed by atoms with Gasteiger partial charge in [0.25, 0.3) is 0 Å². The van der Waals surface area contributed by atoms with Crippen molar-refractivity contribution in [2.75, 3.05) is 35.8 Å².